The molecule has 1 aromatic rings. The molecule has 0 spiro atoms. The predicted molar refractivity (Wildman–Crippen MR) is 67.7 cm³/mol. The van der Waals surface area contributed by atoms with Gasteiger partial charge in [-0.1, -0.05) is 18.5 Å². The number of nitrogen functional groups attached to an aromatic ring is 1. The van der Waals surface area contributed by atoms with Crippen molar-refractivity contribution in [2.75, 3.05) is 17.7 Å². The van der Waals surface area contributed by atoms with Crippen molar-refractivity contribution in [3.63, 3.8) is 0 Å². The molecule has 1 rings (SSSR count). The number of nitrogens with two attached hydrogens (primary N) is 1. The third kappa shape index (κ3) is 3.54. The van der Waals surface area contributed by atoms with E-state index in [9.17, 15) is 0 Å². The summed E-state index contributed by atoms with van der Waals surface area (Å²) in [5, 5.41) is 12.6. The van der Waals surface area contributed by atoms with Gasteiger partial charge in [0, 0.05) is 23.9 Å². The zero-order valence-corrected chi connectivity index (χ0v) is 10.4. The lowest BCUT2D eigenvalue weighted by atomic mass is 9.95. The number of pyridine rings is 1. The number of aliphatic hydroxyl groups excluding tert-OH is 1. The molecule has 0 saturated carbocycles. The average molecular weight is 244 g/mol. The summed E-state index contributed by atoms with van der Waals surface area (Å²) in [5.41, 5.74) is 6.06. The zero-order chi connectivity index (χ0) is 12.2. The highest BCUT2D eigenvalue weighted by molar-refractivity contribution is 6.29. The molecule has 90 valence electrons. The molecule has 1 unspecified atom stereocenters. The Bertz CT molecular complexity index is 339. The third-order valence-electron chi connectivity index (χ3n) is 2.69. The highest BCUT2D eigenvalue weighted by Crippen LogP contribution is 2.23. The van der Waals surface area contributed by atoms with Crippen molar-refractivity contribution in [2.45, 2.75) is 32.2 Å². The number of nitrogens with one attached hydrogen (secondary N) is 1. The van der Waals surface area contributed by atoms with Crippen molar-refractivity contribution in [3.8, 4) is 0 Å². The molecule has 16 heavy (non-hydrogen) atoms. The van der Waals surface area contributed by atoms with Gasteiger partial charge >= 0.3 is 0 Å². The number of aromatic nitrogens is 1. The Morgan fingerprint density at radius 1 is 1.56 bits per heavy atom. The summed E-state index contributed by atoms with van der Waals surface area (Å²) < 4.78 is 0. The lowest BCUT2D eigenvalue weighted by Gasteiger charge is -2.29. The number of rotatable bonds is 5. The molecule has 1 heterocycles. The highest BCUT2D eigenvalue weighted by Gasteiger charge is 2.21. The Balaban J connectivity index is 2.85. The second kappa shape index (κ2) is 5.37. The van der Waals surface area contributed by atoms with Gasteiger partial charge in [-0.25, -0.2) is 4.98 Å². The Labute approximate surface area is 101 Å². The van der Waals surface area contributed by atoms with Crippen LogP contribution in [0.3, 0.4) is 0 Å². The first-order chi connectivity index (χ1) is 7.49. The predicted octanol–water partition coefficient (Wildman–Crippen LogP) is 2.28. The van der Waals surface area contributed by atoms with Crippen LogP contribution in [0, 0.1) is 0 Å². The van der Waals surface area contributed by atoms with Crippen molar-refractivity contribution in [1.29, 1.82) is 0 Å². The van der Waals surface area contributed by atoms with Gasteiger partial charge in [-0.15, -0.1) is 0 Å². The van der Waals surface area contributed by atoms with Gasteiger partial charge in [-0.2, -0.15) is 0 Å². The summed E-state index contributed by atoms with van der Waals surface area (Å²) in [7, 11) is 0. The minimum Gasteiger partial charge on any atom is -0.399 e. The number of hydrogen-bond acceptors (Lipinski definition) is 4. The molecular weight excluding hydrogens is 226 g/mol. The summed E-state index contributed by atoms with van der Waals surface area (Å²) in [6.45, 7) is 4.21. The molecule has 0 bridgehead atoms. The van der Waals surface area contributed by atoms with E-state index in [4.69, 9.17) is 22.4 Å². The van der Waals surface area contributed by atoms with Gasteiger partial charge in [0.1, 0.15) is 11.0 Å². The van der Waals surface area contributed by atoms with E-state index in [1.807, 2.05) is 6.92 Å². The van der Waals surface area contributed by atoms with Crippen LogP contribution >= 0.6 is 11.6 Å². The SMILES string of the molecule is CCC(C)(CCO)Nc1cc(N)cc(Cl)n1. The molecule has 0 aliphatic rings. The average Bonchev–Trinajstić information content (AvgIpc) is 2.16. The first kappa shape index (κ1) is 13.1. The van der Waals surface area contributed by atoms with Gasteiger partial charge in [0.15, 0.2) is 0 Å². The van der Waals surface area contributed by atoms with Crippen LogP contribution in [0.25, 0.3) is 0 Å². The largest absolute Gasteiger partial charge is 0.399 e. The highest BCUT2D eigenvalue weighted by atomic mass is 35.5. The number of hydrogen-bond donors (Lipinski definition) is 3. The Hall–Kier alpha value is -1.00. The Morgan fingerprint density at radius 3 is 2.75 bits per heavy atom. The zero-order valence-electron chi connectivity index (χ0n) is 9.63. The van der Waals surface area contributed by atoms with Gasteiger partial charge in [-0.3, -0.25) is 0 Å². The minimum atomic E-state index is -0.196. The van der Waals surface area contributed by atoms with Crippen LogP contribution in [0.2, 0.25) is 5.15 Å². The molecule has 0 amide bonds. The van der Waals surface area contributed by atoms with Gasteiger partial charge < -0.3 is 16.2 Å². The maximum atomic E-state index is 9.01. The van der Waals surface area contributed by atoms with Gasteiger partial charge in [0.2, 0.25) is 0 Å². The quantitative estimate of drug-likeness (QED) is 0.694. The first-order valence-electron chi connectivity index (χ1n) is 5.31. The fourth-order valence-corrected chi connectivity index (χ4v) is 1.68. The fourth-order valence-electron chi connectivity index (χ4n) is 1.46. The second-order valence-corrected chi connectivity index (χ2v) is 4.51. The molecule has 4 N–H and O–H groups in total. The maximum Gasteiger partial charge on any atom is 0.133 e. The van der Waals surface area contributed by atoms with E-state index in [2.05, 4.69) is 17.2 Å². The molecule has 0 aliphatic heterocycles. The minimum absolute atomic E-state index is 0.132. The lowest BCUT2D eigenvalue weighted by molar-refractivity contribution is 0.252. The van der Waals surface area contributed by atoms with E-state index >= 15 is 0 Å². The normalized spacial score (nSPS) is 14.5. The van der Waals surface area contributed by atoms with E-state index in [-0.39, 0.29) is 12.1 Å². The summed E-state index contributed by atoms with van der Waals surface area (Å²) >= 11 is 5.82. The van der Waals surface area contributed by atoms with Crippen LogP contribution in [-0.2, 0) is 0 Å². The van der Waals surface area contributed by atoms with Crippen molar-refractivity contribution < 1.29 is 5.11 Å². The van der Waals surface area contributed by atoms with E-state index < -0.39 is 0 Å². The van der Waals surface area contributed by atoms with Crippen LogP contribution in [0.15, 0.2) is 12.1 Å². The lowest BCUT2D eigenvalue weighted by Crippen LogP contribution is -2.35. The molecular formula is C11H18ClN3O. The van der Waals surface area contributed by atoms with E-state index in [1.165, 1.54) is 0 Å². The van der Waals surface area contributed by atoms with Crippen LogP contribution in [0.5, 0.6) is 0 Å². The van der Waals surface area contributed by atoms with Crippen LogP contribution in [0.4, 0.5) is 11.5 Å². The topological polar surface area (TPSA) is 71.2 Å². The van der Waals surface area contributed by atoms with Crippen LogP contribution in [0.1, 0.15) is 26.7 Å². The third-order valence-corrected chi connectivity index (χ3v) is 2.88. The standard InChI is InChI=1S/C11H18ClN3O/c1-3-11(2,4-5-16)15-10-7-8(13)6-9(12)14-10/h6-7,16H,3-5H2,1-2H3,(H3,13,14,15). The molecule has 0 aliphatic carbocycles. The number of aliphatic hydroxyl groups is 1. The second-order valence-electron chi connectivity index (χ2n) is 4.12. The molecule has 0 aromatic carbocycles. The number of anilines is 2. The summed E-state index contributed by atoms with van der Waals surface area (Å²) in [5.74, 6) is 0.641. The summed E-state index contributed by atoms with van der Waals surface area (Å²) in [6.07, 6.45) is 1.53. The summed E-state index contributed by atoms with van der Waals surface area (Å²) in [6, 6.07) is 3.33. The first-order valence-corrected chi connectivity index (χ1v) is 5.69. The van der Waals surface area contributed by atoms with E-state index in [1.54, 1.807) is 12.1 Å². The molecule has 1 aromatic heterocycles. The maximum absolute atomic E-state index is 9.01. The fraction of sp³-hybridized carbons (Fsp3) is 0.545. The molecule has 1 atom stereocenters. The van der Waals surface area contributed by atoms with Crippen LogP contribution < -0.4 is 11.1 Å². The van der Waals surface area contributed by atoms with Crippen molar-refractivity contribution in [2.24, 2.45) is 0 Å². The van der Waals surface area contributed by atoms with Gasteiger partial charge in [0.25, 0.3) is 0 Å². The van der Waals surface area contributed by atoms with E-state index in [0.29, 0.717) is 23.1 Å². The number of nitrogens with zero attached hydrogens (tertiary/aromatic N) is 1. The monoisotopic (exact) mass is 243 g/mol. The van der Waals surface area contributed by atoms with Gasteiger partial charge in [0.05, 0.1) is 0 Å². The van der Waals surface area contributed by atoms with Crippen molar-refractivity contribution in [1.82, 2.24) is 4.98 Å². The smallest absolute Gasteiger partial charge is 0.133 e. The molecule has 0 fully saturated rings. The Kier molecular flexibility index (Phi) is 4.38. The summed E-state index contributed by atoms with van der Waals surface area (Å²) in [4.78, 5) is 4.14. The Morgan fingerprint density at radius 2 is 2.25 bits per heavy atom. The van der Waals surface area contributed by atoms with Gasteiger partial charge in [-0.05, 0) is 25.8 Å². The molecule has 4 nitrogen and oxygen atoms in total. The van der Waals surface area contributed by atoms with E-state index in [0.717, 1.165) is 6.42 Å². The number of halogens is 1. The molecule has 0 radical (unpaired) electrons. The van der Waals surface area contributed by atoms with Crippen molar-refractivity contribution in [3.05, 3.63) is 17.3 Å². The van der Waals surface area contributed by atoms with Crippen LogP contribution in [-0.4, -0.2) is 22.2 Å². The molecule has 0 saturated heterocycles. The van der Waals surface area contributed by atoms with Crippen molar-refractivity contribution >= 4 is 23.1 Å². The molecule has 5 heteroatoms.